The van der Waals surface area contributed by atoms with Gasteiger partial charge in [0.15, 0.2) is 5.82 Å². The van der Waals surface area contributed by atoms with Crippen molar-refractivity contribution in [1.82, 2.24) is 9.97 Å². The van der Waals surface area contributed by atoms with Crippen LogP contribution in [0.4, 0.5) is 0 Å². The van der Waals surface area contributed by atoms with Crippen LogP contribution in [0.1, 0.15) is 42.9 Å². The Morgan fingerprint density at radius 2 is 1.49 bits per heavy atom. The van der Waals surface area contributed by atoms with Crippen molar-refractivity contribution < 1.29 is 0 Å². The summed E-state index contributed by atoms with van der Waals surface area (Å²) in [5.74, 6) is 0.796. The van der Waals surface area contributed by atoms with Crippen molar-refractivity contribution in [1.29, 1.82) is 0 Å². The minimum absolute atomic E-state index is 0.203. The Bertz CT molecular complexity index is 2180. The van der Waals surface area contributed by atoms with Crippen LogP contribution in [0.3, 0.4) is 0 Å². The first-order valence-electron chi connectivity index (χ1n) is 17.5. The minimum atomic E-state index is -0.427. The van der Waals surface area contributed by atoms with E-state index in [2.05, 4.69) is 172 Å². The third-order valence-electron chi connectivity index (χ3n) is 9.53. The first-order valence-corrected chi connectivity index (χ1v) is 17.5. The summed E-state index contributed by atoms with van der Waals surface area (Å²) in [6, 6.07) is 29.9. The van der Waals surface area contributed by atoms with E-state index < -0.39 is 5.41 Å². The van der Waals surface area contributed by atoms with Crippen LogP contribution in [-0.2, 0) is 5.41 Å². The van der Waals surface area contributed by atoms with Crippen molar-refractivity contribution in [3.63, 3.8) is 0 Å². The van der Waals surface area contributed by atoms with E-state index in [0.29, 0.717) is 5.82 Å². The number of rotatable bonds is 12. The van der Waals surface area contributed by atoms with Gasteiger partial charge in [0.2, 0.25) is 0 Å². The molecule has 3 aromatic carbocycles. The van der Waals surface area contributed by atoms with Crippen LogP contribution in [-0.4, -0.2) is 9.97 Å². The van der Waals surface area contributed by atoms with Gasteiger partial charge in [-0.25, -0.2) is 9.97 Å². The van der Waals surface area contributed by atoms with Gasteiger partial charge in [-0.15, -0.1) is 0 Å². The Morgan fingerprint density at radius 1 is 0.765 bits per heavy atom. The van der Waals surface area contributed by atoms with Crippen LogP contribution in [0.15, 0.2) is 201 Å². The van der Waals surface area contributed by atoms with Gasteiger partial charge in [-0.1, -0.05) is 190 Å². The van der Waals surface area contributed by atoms with Crippen LogP contribution in [0.25, 0.3) is 39.1 Å². The molecule has 0 saturated heterocycles. The number of nitrogens with zero attached hydrogens (tertiary/aromatic N) is 2. The molecule has 2 heteroatoms. The first kappa shape index (κ1) is 34.7. The lowest BCUT2D eigenvalue weighted by molar-refractivity contribution is 0.468. The van der Waals surface area contributed by atoms with E-state index in [1.54, 1.807) is 12.2 Å². The number of fused-ring (bicyclic) bond motifs is 1. The Morgan fingerprint density at radius 3 is 2.18 bits per heavy atom. The van der Waals surface area contributed by atoms with Gasteiger partial charge in [0, 0.05) is 22.1 Å². The minimum Gasteiger partial charge on any atom is -0.228 e. The van der Waals surface area contributed by atoms with Gasteiger partial charge in [-0.3, -0.25) is 0 Å². The summed E-state index contributed by atoms with van der Waals surface area (Å²) in [6.45, 7) is 16.3. The van der Waals surface area contributed by atoms with Crippen molar-refractivity contribution in [3.05, 3.63) is 224 Å². The molecule has 1 aromatic heterocycles. The Balaban J connectivity index is 1.61. The van der Waals surface area contributed by atoms with Crippen molar-refractivity contribution in [3.8, 4) is 22.4 Å². The summed E-state index contributed by atoms with van der Waals surface area (Å²) < 4.78 is 0. The average Bonchev–Trinajstić information content (AvgIpc) is 3.53. The lowest BCUT2D eigenvalue weighted by Crippen LogP contribution is -2.33. The Kier molecular flexibility index (Phi) is 10.9. The summed E-state index contributed by atoms with van der Waals surface area (Å²) in [7, 11) is 0. The predicted molar refractivity (Wildman–Crippen MR) is 220 cm³/mol. The van der Waals surface area contributed by atoms with Crippen molar-refractivity contribution >= 4 is 16.7 Å². The number of hydrogen-bond donors (Lipinski definition) is 0. The van der Waals surface area contributed by atoms with Crippen LogP contribution in [0.5, 0.6) is 0 Å². The second kappa shape index (κ2) is 16.1. The van der Waals surface area contributed by atoms with Gasteiger partial charge in [0.25, 0.3) is 0 Å². The fourth-order valence-electron chi connectivity index (χ4n) is 7.19. The lowest BCUT2D eigenvalue weighted by Gasteiger charge is -2.38. The third-order valence-corrected chi connectivity index (χ3v) is 9.53. The Labute approximate surface area is 303 Å². The molecule has 6 rings (SSSR count). The highest BCUT2D eigenvalue weighted by molar-refractivity contribution is 6.08. The largest absolute Gasteiger partial charge is 0.228 e. The summed E-state index contributed by atoms with van der Waals surface area (Å²) in [6.07, 6.45) is 32.5. The van der Waals surface area contributed by atoms with Crippen molar-refractivity contribution in [2.75, 3.05) is 0 Å². The van der Waals surface area contributed by atoms with Gasteiger partial charge >= 0.3 is 0 Å². The molecule has 0 bridgehead atoms. The molecule has 0 radical (unpaired) electrons. The molecule has 4 aromatic rings. The molecule has 0 saturated carbocycles. The molecule has 2 aliphatic rings. The van der Waals surface area contributed by atoms with E-state index in [1.165, 1.54) is 22.3 Å². The Hall–Kier alpha value is -6.12. The molecule has 0 spiro atoms. The number of hydrogen-bond acceptors (Lipinski definition) is 2. The highest BCUT2D eigenvalue weighted by Gasteiger charge is 2.45. The highest BCUT2D eigenvalue weighted by Crippen LogP contribution is 2.55. The molecule has 1 heterocycles. The van der Waals surface area contributed by atoms with Crippen molar-refractivity contribution in [2.24, 2.45) is 5.92 Å². The van der Waals surface area contributed by atoms with Crippen LogP contribution in [0, 0.1) is 5.92 Å². The summed E-state index contributed by atoms with van der Waals surface area (Å²) in [5, 5.41) is 0. The van der Waals surface area contributed by atoms with Gasteiger partial charge in [-0.05, 0) is 65.7 Å². The van der Waals surface area contributed by atoms with Gasteiger partial charge < -0.3 is 0 Å². The van der Waals surface area contributed by atoms with E-state index in [9.17, 15) is 0 Å². The number of benzene rings is 3. The monoisotopic (exact) mass is 660 g/mol. The zero-order valence-electron chi connectivity index (χ0n) is 29.5. The maximum absolute atomic E-state index is 5.25. The second-order valence-corrected chi connectivity index (χ2v) is 12.6. The maximum atomic E-state index is 5.25. The van der Waals surface area contributed by atoms with E-state index in [4.69, 9.17) is 9.97 Å². The fourth-order valence-corrected chi connectivity index (χ4v) is 7.19. The molecule has 2 atom stereocenters. The van der Waals surface area contributed by atoms with Crippen molar-refractivity contribution in [2.45, 2.75) is 25.7 Å². The van der Waals surface area contributed by atoms with E-state index in [1.807, 2.05) is 25.1 Å². The number of allylic oxidation sites excluding steroid dienone is 19. The smallest absolute Gasteiger partial charge is 0.160 e. The lowest BCUT2D eigenvalue weighted by atomic mass is 9.64. The molecule has 250 valence electrons. The highest BCUT2D eigenvalue weighted by atomic mass is 14.9. The maximum Gasteiger partial charge on any atom is 0.160 e. The van der Waals surface area contributed by atoms with Crippen LogP contribution in [0.2, 0.25) is 0 Å². The average molecular weight is 661 g/mol. The quantitative estimate of drug-likeness (QED) is 0.141. The summed E-state index contributed by atoms with van der Waals surface area (Å²) >= 11 is 0. The molecule has 0 N–H and O–H groups in total. The third kappa shape index (κ3) is 7.00. The normalized spacial score (nSPS) is 19.0. The summed E-state index contributed by atoms with van der Waals surface area (Å²) in [4.78, 5) is 10.4. The van der Waals surface area contributed by atoms with Gasteiger partial charge in [0.1, 0.15) is 0 Å². The van der Waals surface area contributed by atoms with Crippen LogP contribution < -0.4 is 0 Å². The van der Waals surface area contributed by atoms with E-state index >= 15 is 0 Å². The summed E-state index contributed by atoms with van der Waals surface area (Å²) in [5.41, 5.74) is 11.2. The zero-order chi connectivity index (χ0) is 35.6. The van der Waals surface area contributed by atoms with Gasteiger partial charge in [0.05, 0.1) is 11.4 Å². The first-order chi connectivity index (χ1) is 25.1. The predicted octanol–water partition coefficient (Wildman–Crippen LogP) is 12.7. The van der Waals surface area contributed by atoms with E-state index in [0.717, 1.165) is 45.7 Å². The standard InChI is InChI=1S/C49H44N2/c1-6-11-27-43(44-35-49(40(21-8-3)22-9-4,41-25-16-13-17-26-41)45-29-19-18-28-42(44)45)47-34-46(50-48(51-47)36(10-5)20-7-2)39-32-30-38(31-33-39)37-23-14-12-15-24-37/h6-25,27-35,41H,2-3,5,26H2,1,4H3/b11-6-,22-9-,36-20+,40-21+,43-27+. The SMILES string of the molecule is C=C/C=C(\C=C)c1nc(/C(=C/C=C\C)C2=CC(C(/C=C\C)=C/C=C)(C3C=CC=CC3)c3ccccc32)cc(-c2ccc(-c3ccccc3)cc2)n1. The topological polar surface area (TPSA) is 25.8 Å². The molecular weight excluding hydrogens is 617 g/mol. The molecule has 0 aliphatic heterocycles. The molecule has 0 fully saturated rings. The molecule has 2 nitrogen and oxygen atoms in total. The van der Waals surface area contributed by atoms with Crippen LogP contribution >= 0.6 is 0 Å². The zero-order valence-corrected chi connectivity index (χ0v) is 29.5. The fraction of sp³-hybridized carbons (Fsp3) is 0.102. The van der Waals surface area contributed by atoms with E-state index in [-0.39, 0.29) is 5.92 Å². The van der Waals surface area contributed by atoms with Gasteiger partial charge in [-0.2, -0.15) is 0 Å². The molecule has 2 aliphatic carbocycles. The molecular formula is C49H44N2. The molecule has 51 heavy (non-hydrogen) atoms. The molecule has 0 amide bonds. The number of aromatic nitrogens is 2. The second-order valence-electron chi connectivity index (χ2n) is 12.6. The molecule has 2 unspecified atom stereocenters.